The second-order valence-electron chi connectivity index (χ2n) is 4.50. The van der Waals surface area contributed by atoms with Gasteiger partial charge in [-0.15, -0.1) is 0 Å². The van der Waals surface area contributed by atoms with Crippen molar-refractivity contribution in [1.82, 2.24) is 0 Å². The molecule has 0 fully saturated rings. The number of benzene rings is 1. The highest BCUT2D eigenvalue weighted by molar-refractivity contribution is 5.91. The fraction of sp³-hybridized carbons (Fsp3) is 0.385. The third kappa shape index (κ3) is 5.02. The lowest BCUT2D eigenvalue weighted by molar-refractivity contribution is -0.394. The molecule has 0 saturated heterocycles. The van der Waals surface area contributed by atoms with Crippen LogP contribution in [0.1, 0.15) is 24.2 Å². The molecule has 1 unspecified atom stereocenters. The molecule has 1 aromatic carbocycles. The molecule has 0 amide bonds. The highest BCUT2D eigenvalue weighted by Gasteiger charge is 2.22. The van der Waals surface area contributed by atoms with Crippen LogP contribution in [-0.4, -0.2) is 35.0 Å². The van der Waals surface area contributed by atoms with Gasteiger partial charge in [-0.05, 0) is 13.8 Å². The normalized spacial score (nSPS) is 11.4. The van der Waals surface area contributed by atoms with E-state index in [0.717, 1.165) is 18.2 Å². The molecule has 23 heavy (non-hydrogen) atoms. The number of ether oxygens (including phenoxy) is 2. The number of carbonyl (C=O) groups is 2. The number of hydrogen-bond acceptors (Lipinski definition) is 8. The van der Waals surface area contributed by atoms with E-state index in [9.17, 15) is 29.8 Å². The van der Waals surface area contributed by atoms with Crippen LogP contribution in [0.4, 0.5) is 11.4 Å². The first-order chi connectivity index (χ1) is 10.8. The zero-order valence-corrected chi connectivity index (χ0v) is 12.4. The largest absolute Gasteiger partial charge is 0.466 e. The van der Waals surface area contributed by atoms with Gasteiger partial charge >= 0.3 is 11.9 Å². The summed E-state index contributed by atoms with van der Waals surface area (Å²) < 4.78 is 9.58. The molecule has 10 nitrogen and oxygen atoms in total. The molecule has 0 aliphatic heterocycles. The number of nitrogens with zero attached hydrogens (tertiary/aromatic N) is 2. The van der Waals surface area contributed by atoms with Gasteiger partial charge in [0.15, 0.2) is 0 Å². The number of rotatable bonds is 7. The van der Waals surface area contributed by atoms with Crippen molar-refractivity contribution in [3.8, 4) is 0 Å². The first-order valence-electron chi connectivity index (χ1n) is 6.53. The summed E-state index contributed by atoms with van der Waals surface area (Å²) in [5, 5.41) is 21.5. The number of carbonyl (C=O) groups excluding carboxylic acids is 2. The Kier molecular flexibility index (Phi) is 6.13. The Morgan fingerprint density at radius 2 is 1.61 bits per heavy atom. The van der Waals surface area contributed by atoms with Gasteiger partial charge in [-0.25, -0.2) is 4.79 Å². The maximum absolute atomic E-state index is 11.9. The zero-order valence-electron chi connectivity index (χ0n) is 12.4. The Hall–Kier alpha value is -3.04. The Morgan fingerprint density at radius 1 is 1.09 bits per heavy atom. The molecule has 0 N–H and O–H groups in total. The molecule has 1 rings (SSSR count). The first kappa shape index (κ1) is 18.0. The third-order valence-corrected chi connectivity index (χ3v) is 2.71. The van der Waals surface area contributed by atoms with E-state index in [1.807, 2.05) is 0 Å². The molecule has 1 aromatic rings. The summed E-state index contributed by atoms with van der Waals surface area (Å²) in [5.41, 5.74) is -1.56. The molecule has 0 aliphatic rings. The van der Waals surface area contributed by atoms with E-state index in [-0.39, 0.29) is 18.8 Å². The van der Waals surface area contributed by atoms with Crippen molar-refractivity contribution in [3.63, 3.8) is 0 Å². The van der Waals surface area contributed by atoms with Crippen LogP contribution < -0.4 is 0 Å². The van der Waals surface area contributed by atoms with E-state index in [4.69, 9.17) is 9.47 Å². The summed E-state index contributed by atoms with van der Waals surface area (Å²) in [4.78, 5) is 43.0. The Labute approximate surface area is 130 Å². The van der Waals surface area contributed by atoms with E-state index >= 15 is 0 Å². The van der Waals surface area contributed by atoms with Gasteiger partial charge in [0.05, 0.1) is 34.0 Å². The predicted molar refractivity (Wildman–Crippen MR) is 75.8 cm³/mol. The molecule has 0 saturated carbocycles. The number of nitro benzene ring substituents is 2. The van der Waals surface area contributed by atoms with Crippen LogP contribution in [0.25, 0.3) is 0 Å². The first-order valence-corrected chi connectivity index (χ1v) is 6.53. The van der Waals surface area contributed by atoms with Crippen molar-refractivity contribution in [2.75, 3.05) is 13.2 Å². The number of nitro groups is 2. The van der Waals surface area contributed by atoms with Crippen LogP contribution in [0, 0.1) is 26.1 Å². The van der Waals surface area contributed by atoms with Crippen LogP contribution in [0.3, 0.4) is 0 Å². The van der Waals surface area contributed by atoms with Crippen LogP contribution in [0.2, 0.25) is 0 Å². The summed E-state index contributed by atoms with van der Waals surface area (Å²) in [6.45, 7) is 2.96. The molecular formula is C13H14N2O8. The van der Waals surface area contributed by atoms with Gasteiger partial charge in [0, 0.05) is 12.1 Å². The fourth-order valence-electron chi connectivity index (χ4n) is 1.56. The van der Waals surface area contributed by atoms with Crippen molar-refractivity contribution >= 4 is 23.3 Å². The van der Waals surface area contributed by atoms with Crippen molar-refractivity contribution in [2.45, 2.75) is 13.8 Å². The van der Waals surface area contributed by atoms with Crippen LogP contribution in [0.15, 0.2) is 18.2 Å². The lowest BCUT2D eigenvalue weighted by Gasteiger charge is -2.11. The second-order valence-corrected chi connectivity index (χ2v) is 4.50. The van der Waals surface area contributed by atoms with E-state index < -0.39 is 39.1 Å². The van der Waals surface area contributed by atoms with Gasteiger partial charge in [0.25, 0.3) is 11.4 Å². The summed E-state index contributed by atoms with van der Waals surface area (Å²) in [6.07, 6.45) is 0. The minimum absolute atomic E-state index is 0.175. The van der Waals surface area contributed by atoms with Crippen LogP contribution in [-0.2, 0) is 14.3 Å². The van der Waals surface area contributed by atoms with Crippen LogP contribution >= 0.6 is 0 Å². The Bertz CT molecular complexity index is 611. The highest BCUT2D eigenvalue weighted by atomic mass is 16.6. The van der Waals surface area contributed by atoms with Gasteiger partial charge in [0.2, 0.25) is 0 Å². The zero-order chi connectivity index (χ0) is 17.6. The summed E-state index contributed by atoms with van der Waals surface area (Å²) >= 11 is 0. The second kappa shape index (κ2) is 7.82. The van der Waals surface area contributed by atoms with E-state index in [1.165, 1.54) is 6.92 Å². The fourth-order valence-corrected chi connectivity index (χ4v) is 1.56. The maximum atomic E-state index is 11.9. The molecule has 0 radical (unpaired) electrons. The summed E-state index contributed by atoms with van der Waals surface area (Å²) in [7, 11) is 0. The topological polar surface area (TPSA) is 139 Å². The van der Waals surface area contributed by atoms with Gasteiger partial charge in [-0.1, -0.05) is 0 Å². The predicted octanol–water partition coefficient (Wildman–Crippen LogP) is 1.86. The molecule has 0 bridgehead atoms. The number of non-ortho nitro benzene ring substituents is 2. The Balaban J connectivity index is 2.89. The van der Waals surface area contributed by atoms with Crippen LogP contribution in [0.5, 0.6) is 0 Å². The number of hydrogen-bond donors (Lipinski definition) is 0. The highest BCUT2D eigenvalue weighted by Crippen LogP contribution is 2.23. The van der Waals surface area contributed by atoms with Gasteiger partial charge in [-0.3, -0.25) is 25.0 Å². The third-order valence-electron chi connectivity index (χ3n) is 2.71. The summed E-state index contributed by atoms with van der Waals surface area (Å²) in [5.74, 6) is -2.30. The minimum atomic E-state index is -1.01. The maximum Gasteiger partial charge on any atom is 0.338 e. The summed E-state index contributed by atoms with van der Waals surface area (Å²) in [6, 6.07) is 2.47. The van der Waals surface area contributed by atoms with Crippen molar-refractivity contribution < 1.29 is 28.9 Å². The van der Waals surface area contributed by atoms with E-state index in [1.54, 1.807) is 6.92 Å². The quantitative estimate of drug-likeness (QED) is 0.420. The molecule has 1 atom stereocenters. The molecule has 124 valence electrons. The number of esters is 2. The van der Waals surface area contributed by atoms with Gasteiger partial charge in [0.1, 0.15) is 6.61 Å². The van der Waals surface area contributed by atoms with Gasteiger partial charge < -0.3 is 9.47 Å². The lowest BCUT2D eigenvalue weighted by atomic mass is 10.1. The molecule has 0 spiro atoms. The van der Waals surface area contributed by atoms with Crippen molar-refractivity contribution in [3.05, 3.63) is 44.0 Å². The molecule has 10 heteroatoms. The smallest absolute Gasteiger partial charge is 0.338 e. The van der Waals surface area contributed by atoms with Gasteiger partial charge in [-0.2, -0.15) is 0 Å². The Morgan fingerprint density at radius 3 is 2.04 bits per heavy atom. The molecule has 0 heterocycles. The molecular weight excluding hydrogens is 312 g/mol. The molecule has 0 aromatic heterocycles. The van der Waals surface area contributed by atoms with Crippen molar-refractivity contribution in [2.24, 2.45) is 5.92 Å². The average molecular weight is 326 g/mol. The minimum Gasteiger partial charge on any atom is -0.466 e. The van der Waals surface area contributed by atoms with Crippen molar-refractivity contribution in [1.29, 1.82) is 0 Å². The van der Waals surface area contributed by atoms with E-state index in [2.05, 4.69) is 0 Å². The lowest BCUT2D eigenvalue weighted by Crippen LogP contribution is -2.21. The average Bonchev–Trinajstić information content (AvgIpc) is 2.51. The monoisotopic (exact) mass is 326 g/mol. The SMILES string of the molecule is CCOC(=O)C(C)COC(=O)c1cc([N+](=O)[O-])cc([N+](=O)[O-])c1. The van der Waals surface area contributed by atoms with E-state index in [0.29, 0.717) is 0 Å². The standard InChI is InChI=1S/C13H14N2O8/c1-3-22-12(16)8(2)7-23-13(17)9-4-10(14(18)19)6-11(5-9)15(20)21/h4-6,8H,3,7H2,1-2H3. The molecule has 0 aliphatic carbocycles.